The van der Waals surface area contributed by atoms with E-state index in [4.69, 9.17) is 4.74 Å². The number of benzene rings is 2. The molecule has 0 fully saturated rings. The van der Waals surface area contributed by atoms with Crippen molar-refractivity contribution < 1.29 is 9.53 Å². The Kier molecular flexibility index (Phi) is 5.99. The van der Waals surface area contributed by atoms with Crippen molar-refractivity contribution in [3.05, 3.63) is 65.7 Å². The molecular formula is C20H21N3O2S. The average molecular weight is 367 g/mol. The number of carbonyl (C=O) groups excluding carboxylic acids is 1. The molecule has 0 aliphatic rings. The monoisotopic (exact) mass is 367 g/mol. The minimum Gasteiger partial charge on any atom is -0.497 e. The summed E-state index contributed by atoms with van der Waals surface area (Å²) in [6.45, 7) is 0.920. The molecule has 1 aromatic heterocycles. The van der Waals surface area contributed by atoms with E-state index in [-0.39, 0.29) is 5.91 Å². The molecule has 6 heteroatoms. The fourth-order valence-electron chi connectivity index (χ4n) is 2.55. The molecule has 0 aliphatic carbocycles. The van der Waals surface area contributed by atoms with E-state index in [2.05, 4.69) is 22.4 Å². The van der Waals surface area contributed by atoms with E-state index in [0.29, 0.717) is 13.1 Å². The molecule has 3 aromatic rings. The molecule has 0 saturated heterocycles. The largest absolute Gasteiger partial charge is 0.497 e. The van der Waals surface area contributed by atoms with Crippen LogP contribution in [0.15, 0.2) is 60.0 Å². The first-order chi connectivity index (χ1) is 12.6. The summed E-state index contributed by atoms with van der Waals surface area (Å²) in [6.07, 6.45) is 0. The van der Waals surface area contributed by atoms with Gasteiger partial charge >= 0.3 is 0 Å². The van der Waals surface area contributed by atoms with Gasteiger partial charge in [0.15, 0.2) is 0 Å². The highest BCUT2D eigenvalue weighted by molar-refractivity contribution is 7.13. The maximum absolute atomic E-state index is 12.2. The number of anilines is 1. The van der Waals surface area contributed by atoms with E-state index in [1.807, 2.05) is 59.8 Å². The van der Waals surface area contributed by atoms with Crippen LogP contribution in [0.3, 0.4) is 0 Å². The van der Waals surface area contributed by atoms with E-state index >= 15 is 0 Å². The highest BCUT2D eigenvalue weighted by atomic mass is 32.1. The zero-order valence-corrected chi connectivity index (χ0v) is 15.6. The predicted octanol–water partition coefficient (Wildman–Crippen LogP) is 3.89. The van der Waals surface area contributed by atoms with Crippen LogP contribution in [0.5, 0.6) is 5.75 Å². The van der Waals surface area contributed by atoms with Gasteiger partial charge in [-0.25, -0.2) is 4.98 Å². The van der Waals surface area contributed by atoms with Gasteiger partial charge in [0.2, 0.25) is 5.91 Å². The maximum Gasteiger partial charge on any atom is 0.238 e. The lowest BCUT2D eigenvalue weighted by Gasteiger charge is -2.15. The van der Waals surface area contributed by atoms with E-state index in [1.54, 1.807) is 18.4 Å². The number of likely N-dealkylation sites (N-methyl/N-ethyl adjacent to an activating group) is 1. The van der Waals surface area contributed by atoms with Crippen molar-refractivity contribution >= 4 is 22.9 Å². The molecule has 134 valence electrons. The molecule has 1 amide bonds. The second kappa shape index (κ2) is 8.60. The van der Waals surface area contributed by atoms with Gasteiger partial charge in [-0.1, -0.05) is 30.3 Å². The Morgan fingerprint density at radius 2 is 1.88 bits per heavy atom. The van der Waals surface area contributed by atoms with Crippen LogP contribution in [0.25, 0.3) is 10.6 Å². The van der Waals surface area contributed by atoms with E-state index in [0.717, 1.165) is 27.7 Å². The van der Waals surface area contributed by atoms with Crippen LogP contribution in [-0.4, -0.2) is 36.5 Å². The molecule has 1 N–H and O–H groups in total. The highest BCUT2D eigenvalue weighted by Gasteiger charge is 2.10. The van der Waals surface area contributed by atoms with Gasteiger partial charge in [0.05, 0.1) is 19.3 Å². The fourth-order valence-corrected chi connectivity index (χ4v) is 3.36. The first-order valence-electron chi connectivity index (χ1n) is 8.26. The van der Waals surface area contributed by atoms with Crippen molar-refractivity contribution in [2.24, 2.45) is 0 Å². The topological polar surface area (TPSA) is 54.5 Å². The summed E-state index contributed by atoms with van der Waals surface area (Å²) in [5, 5.41) is 5.93. The normalized spacial score (nSPS) is 10.7. The number of hydrogen-bond donors (Lipinski definition) is 1. The van der Waals surface area contributed by atoms with Gasteiger partial charge < -0.3 is 10.1 Å². The maximum atomic E-state index is 12.2. The Balaban J connectivity index is 1.52. The number of ether oxygens (including phenoxy) is 1. The molecule has 3 rings (SSSR count). The molecule has 5 nitrogen and oxygen atoms in total. The molecule has 2 aromatic carbocycles. The molecule has 0 atom stereocenters. The Morgan fingerprint density at radius 3 is 2.58 bits per heavy atom. The number of amides is 1. The van der Waals surface area contributed by atoms with E-state index in [1.165, 1.54) is 0 Å². The van der Waals surface area contributed by atoms with Gasteiger partial charge in [0.25, 0.3) is 0 Å². The van der Waals surface area contributed by atoms with Crippen LogP contribution < -0.4 is 10.1 Å². The Labute approximate surface area is 157 Å². The van der Waals surface area contributed by atoms with Crippen molar-refractivity contribution in [3.63, 3.8) is 0 Å². The third-order valence-corrected chi connectivity index (χ3v) is 4.73. The number of aromatic nitrogens is 1. The Morgan fingerprint density at radius 1 is 1.15 bits per heavy atom. The number of methoxy groups -OCH3 is 1. The van der Waals surface area contributed by atoms with Crippen molar-refractivity contribution in [3.8, 4) is 16.3 Å². The standard InChI is InChI=1S/C20H21N3O2S/c1-23(13-19(24)21-16-8-10-18(25-2)11-9-16)12-17-14-26-20(22-17)15-6-4-3-5-7-15/h3-11,14H,12-13H2,1-2H3,(H,21,24). The smallest absolute Gasteiger partial charge is 0.238 e. The van der Waals surface area contributed by atoms with Crippen LogP contribution in [-0.2, 0) is 11.3 Å². The fraction of sp³-hybridized carbons (Fsp3) is 0.200. The first kappa shape index (κ1) is 18.1. The van der Waals surface area contributed by atoms with Crippen molar-refractivity contribution in [1.82, 2.24) is 9.88 Å². The second-order valence-corrected chi connectivity index (χ2v) is 6.82. The minimum atomic E-state index is -0.0591. The summed E-state index contributed by atoms with van der Waals surface area (Å²) >= 11 is 1.62. The van der Waals surface area contributed by atoms with Gasteiger partial charge in [-0.2, -0.15) is 0 Å². The lowest BCUT2D eigenvalue weighted by Crippen LogP contribution is -2.29. The summed E-state index contributed by atoms with van der Waals surface area (Å²) < 4.78 is 5.11. The summed E-state index contributed by atoms with van der Waals surface area (Å²) in [6, 6.07) is 17.4. The second-order valence-electron chi connectivity index (χ2n) is 5.96. The SMILES string of the molecule is COc1ccc(NC(=O)CN(C)Cc2csc(-c3ccccc3)n2)cc1. The molecule has 0 bridgehead atoms. The Hall–Kier alpha value is -2.70. The lowest BCUT2D eigenvalue weighted by atomic mass is 10.2. The van der Waals surface area contributed by atoms with Gasteiger partial charge in [0.1, 0.15) is 10.8 Å². The zero-order chi connectivity index (χ0) is 18.4. The van der Waals surface area contributed by atoms with Gasteiger partial charge in [-0.05, 0) is 31.3 Å². The predicted molar refractivity (Wildman–Crippen MR) is 106 cm³/mol. The Bertz CT molecular complexity index is 847. The number of thiazole rings is 1. The molecule has 0 unspecified atom stereocenters. The molecule has 1 heterocycles. The van der Waals surface area contributed by atoms with Crippen molar-refractivity contribution in [2.45, 2.75) is 6.54 Å². The summed E-state index contributed by atoms with van der Waals surface area (Å²) in [7, 11) is 3.53. The highest BCUT2D eigenvalue weighted by Crippen LogP contribution is 2.23. The first-order valence-corrected chi connectivity index (χ1v) is 9.14. The van der Waals surface area contributed by atoms with E-state index in [9.17, 15) is 4.79 Å². The minimum absolute atomic E-state index is 0.0591. The van der Waals surface area contributed by atoms with Crippen molar-refractivity contribution in [1.29, 1.82) is 0 Å². The van der Waals surface area contributed by atoms with Gasteiger partial charge in [-0.3, -0.25) is 9.69 Å². The number of carbonyl (C=O) groups is 1. The average Bonchev–Trinajstić information content (AvgIpc) is 3.11. The van der Waals surface area contributed by atoms with Crippen LogP contribution >= 0.6 is 11.3 Å². The van der Waals surface area contributed by atoms with Crippen molar-refractivity contribution in [2.75, 3.05) is 26.0 Å². The van der Waals surface area contributed by atoms with E-state index < -0.39 is 0 Å². The van der Waals surface area contributed by atoms with Crippen LogP contribution in [0.1, 0.15) is 5.69 Å². The van der Waals surface area contributed by atoms with Crippen LogP contribution in [0, 0.1) is 0 Å². The van der Waals surface area contributed by atoms with Crippen LogP contribution in [0.2, 0.25) is 0 Å². The molecule has 0 aliphatic heterocycles. The lowest BCUT2D eigenvalue weighted by molar-refractivity contribution is -0.117. The number of nitrogens with zero attached hydrogens (tertiary/aromatic N) is 2. The van der Waals surface area contributed by atoms with Gasteiger partial charge in [-0.15, -0.1) is 11.3 Å². The summed E-state index contributed by atoms with van der Waals surface area (Å²) in [4.78, 5) is 18.8. The molecule has 0 saturated carbocycles. The number of hydrogen-bond acceptors (Lipinski definition) is 5. The molecule has 0 spiro atoms. The molecular weight excluding hydrogens is 346 g/mol. The van der Waals surface area contributed by atoms with Gasteiger partial charge in [0, 0.05) is 23.2 Å². The molecule has 0 radical (unpaired) electrons. The number of rotatable bonds is 7. The van der Waals surface area contributed by atoms with Crippen LogP contribution in [0.4, 0.5) is 5.69 Å². The quantitative estimate of drug-likeness (QED) is 0.688. The number of nitrogens with one attached hydrogen (secondary N) is 1. The summed E-state index contributed by atoms with van der Waals surface area (Å²) in [5.41, 5.74) is 2.83. The molecule has 26 heavy (non-hydrogen) atoms. The summed E-state index contributed by atoms with van der Waals surface area (Å²) in [5.74, 6) is 0.703. The third kappa shape index (κ3) is 4.91. The zero-order valence-electron chi connectivity index (χ0n) is 14.8. The third-order valence-electron chi connectivity index (χ3n) is 3.79.